The minimum Gasteiger partial charge on any atom is -0.507 e. The number of amides is 1. The van der Waals surface area contributed by atoms with Crippen molar-refractivity contribution in [2.45, 2.75) is 12.5 Å². The van der Waals surface area contributed by atoms with Crippen LogP contribution in [0, 0.1) is 0 Å². The van der Waals surface area contributed by atoms with Crippen molar-refractivity contribution in [1.82, 2.24) is 9.80 Å². The number of carbonyl (C=O) groups is 2. The second kappa shape index (κ2) is 8.98. The van der Waals surface area contributed by atoms with Gasteiger partial charge in [-0.2, -0.15) is 0 Å². The van der Waals surface area contributed by atoms with E-state index >= 15 is 0 Å². The first-order valence-corrected chi connectivity index (χ1v) is 10.4. The van der Waals surface area contributed by atoms with Crippen molar-refractivity contribution < 1.29 is 19.4 Å². The van der Waals surface area contributed by atoms with Gasteiger partial charge in [-0.25, -0.2) is 0 Å². The van der Waals surface area contributed by atoms with Gasteiger partial charge in [0.25, 0.3) is 11.7 Å². The Bertz CT molecular complexity index is 940. The molecule has 1 aliphatic heterocycles. The maximum absolute atomic E-state index is 12.9. The van der Waals surface area contributed by atoms with Gasteiger partial charge in [0.2, 0.25) is 0 Å². The van der Waals surface area contributed by atoms with Gasteiger partial charge in [-0.1, -0.05) is 17.7 Å². The highest BCUT2D eigenvalue weighted by molar-refractivity contribution is 7.10. The highest BCUT2D eigenvalue weighted by Crippen LogP contribution is 2.41. The van der Waals surface area contributed by atoms with Crippen LogP contribution in [0.4, 0.5) is 0 Å². The molecule has 1 N–H and O–H groups in total. The Morgan fingerprint density at radius 3 is 2.66 bits per heavy atom. The second-order valence-corrected chi connectivity index (χ2v) is 8.40. The van der Waals surface area contributed by atoms with E-state index in [-0.39, 0.29) is 11.3 Å². The normalized spacial score (nSPS) is 18.7. The molecular weight excluding hydrogens is 412 g/mol. The van der Waals surface area contributed by atoms with Crippen LogP contribution in [0.3, 0.4) is 0 Å². The van der Waals surface area contributed by atoms with Crippen molar-refractivity contribution in [3.05, 3.63) is 56.7 Å². The van der Waals surface area contributed by atoms with Crippen LogP contribution in [0.1, 0.15) is 22.9 Å². The van der Waals surface area contributed by atoms with E-state index in [0.717, 1.165) is 17.8 Å². The Balaban J connectivity index is 2.05. The number of aliphatic hydroxyl groups is 1. The zero-order valence-electron chi connectivity index (χ0n) is 16.5. The monoisotopic (exact) mass is 434 g/mol. The third-order valence-electron chi connectivity index (χ3n) is 4.78. The van der Waals surface area contributed by atoms with Crippen molar-refractivity contribution in [1.29, 1.82) is 0 Å². The van der Waals surface area contributed by atoms with Crippen LogP contribution in [0.15, 0.2) is 41.3 Å². The molecule has 29 heavy (non-hydrogen) atoms. The summed E-state index contributed by atoms with van der Waals surface area (Å²) in [5.74, 6) is -1.05. The lowest BCUT2D eigenvalue weighted by atomic mass is 9.99. The van der Waals surface area contributed by atoms with Gasteiger partial charge < -0.3 is 19.6 Å². The van der Waals surface area contributed by atoms with Crippen molar-refractivity contribution in [3.8, 4) is 5.75 Å². The van der Waals surface area contributed by atoms with E-state index in [0.29, 0.717) is 22.9 Å². The van der Waals surface area contributed by atoms with E-state index < -0.39 is 17.7 Å². The molecule has 8 heteroatoms. The smallest absolute Gasteiger partial charge is 0.295 e. The predicted molar refractivity (Wildman–Crippen MR) is 115 cm³/mol. The number of halogens is 1. The van der Waals surface area contributed by atoms with Gasteiger partial charge >= 0.3 is 0 Å². The summed E-state index contributed by atoms with van der Waals surface area (Å²) in [6.45, 7) is 1.21. The minimum atomic E-state index is -0.683. The molecule has 1 aromatic heterocycles. The molecule has 0 bridgehead atoms. The Labute approximate surface area is 179 Å². The van der Waals surface area contributed by atoms with E-state index in [9.17, 15) is 14.7 Å². The molecule has 0 spiro atoms. The molecule has 1 fully saturated rings. The molecule has 1 aliphatic rings. The number of nitrogens with zero attached hydrogens (tertiary/aromatic N) is 2. The summed E-state index contributed by atoms with van der Waals surface area (Å²) in [7, 11) is 5.41. The number of ether oxygens (including phenoxy) is 1. The zero-order valence-corrected chi connectivity index (χ0v) is 18.1. The Hall–Kier alpha value is -2.35. The maximum Gasteiger partial charge on any atom is 0.295 e. The standard InChI is InChI=1S/C21H23ClN2O4S/c1-23(2)9-5-10-24-18(16-6-4-11-29-16)17(20(26)21(24)27)19(25)13-7-8-15(28-3)14(22)12-13/h4,6-8,11-12,18,25H,5,9-10H2,1-3H3/t18-/m1/s1. The zero-order chi connectivity index (χ0) is 21.1. The number of thiophene rings is 1. The van der Waals surface area contributed by atoms with Gasteiger partial charge in [-0.05, 0) is 56.7 Å². The van der Waals surface area contributed by atoms with Gasteiger partial charge in [0, 0.05) is 17.0 Å². The van der Waals surface area contributed by atoms with Gasteiger partial charge in [-0.15, -0.1) is 11.3 Å². The summed E-state index contributed by atoms with van der Waals surface area (Å²) in [5, 5.41) is 13.2. The molecule has 1 atom stereocenters. The summed E-state index contributed by atoms with van der Waals surface area (Å²) in [4.78, 5) is 30.0. The molecule has 6 nitrogen and oxygen atoms in total. The van der Waals surface area contributed by atoms with Crippen LogP contribution in [0.25, 0.3) is 5.76 Å². The summed E-state index contributed by atoms with van der Waals surface area (Å²) < 4.78 is 5.14. The number of hydrogen-bond acceptors (Lipinski definition) is 6. The summed E-state index contributed by atoms with van der Waals surface area (Å²) >= 11 is 7.63. The van der Waals surface area contributed by atoms with Crippen LogP contribution in [0.2, 0.25) is 5.02 Å². The molecule has 1 saturated heterocycles. The molecule has 2 aromatic rings. The molecule has 1 amide bonds. The van der Waals surface area contributed by atoms with E-state index in [4.69, 9.17) is 16.3 Å². The van der Waals surface area contributed by atoms with Crippen LogP contribution in [-0.4, -0.2) is 60.9 Å². The highest BCUT2D eigenvalue weighted by atomic mass is 35.5. The topological polar surface area (TPSA) is 70.1 Å². The largest absolute Gasteiger partial charge is 0.507 e. The number of ketones is 1. The average Bonchev–Trinajstić information content (AvgIpc) is 3.29. The fourth-order valence-electron chi connectivity index (χ4n) is 3.38. The average molecular weight is 435 g/mol. The molecular formula is C21H23ClN2O4S. The van der Waals surface area contributed by atoms with Gasteiger partial charge in [-0.3, -0.25) is 9.59 Å². The lowest BCUT2D eigenvalue weighted by Gasteiger charge is -2.24. The van der Waals surface area contributed by atoms with E-state index in [1.54, 1.807) is 17.0 Å². The van der Waals surface area contributed by atoms with Crippen LogP contribution >= 0.6 is 22.9 Å². The van der Waals surface area contributed by atoms with Gasteiger partial charge in [0.15, 0.2) is 0 Å². The first-order chi connectivity index (χ1) is 13.8. The molecule has 0 radical (unpaired) electrons. The first-order valence-electron chi connectivity index (χ1n) is 9.15. The molecule has 1 aromatic carbocycles. The third kappa shape index (κ3) is 4.32. The van der Waals surface area contributed by atoms with Crippen molar-refractivity contribution in [3.63, 3.8) is 0 Å². The van der Waals surface area contributed by atoms with Crippen LogP contribution < -0.4 is 4.74 Å². The molecule has 3 rings (SSSR count). The number of benzene rings is 1. The number of methoxy groups -OCH3 is 1. The van der Waals surface area contributed by atoms with E-state index in [2.05, 4.69) is 0 Å². The molecule has 154 valence electrons. The molecule has 0 unspecified atom stereocenters. The third-order valence-corrected chi connectivity index (χ3v) is 6.00. The Morgan fingerprint density at radius 1 is 1.31 bits per heavy atom. The van der Waals surface area contributed by atoms with Gasteiger partial charge in [0.05, 0.1) is 23.7 Å². The Kier molecular flexibility index (Phi) is 6.62. The minimum absolute atomic E-state index is 0.0866. The van der Waals surface area contributed by atoms with E-state index in [1.165, 1.54) is 24.5 Å². The number of hydrogen-bond donors (Lipinski definition) is 1. The van der Waals surface area contributed by atoms with Crippen LogP contribution in [-0.2, 0) is 9.59 Å². The van der Waals surface area contributed by atoms with E-state index in [1.807, 2.05) is 36.5 Å². The van der Waals surface area contributed by atoms with Crippen molar-refractivity contribution in [2.24, 2.45) is 0 Å². The molecule has 0 saturated carbocycles. The SMILES string of the molecule is COc1ccc(C(O)=C2C(=O)C(=O)N(CCCN(C)C)[C@@H]2c2cccs2)cc1Cl. The fourth-order valence-corrected chi connectivity index (χ4v) is 4.48. The van der Waals surface area contributed by atoms with Gasteiger partial charge in [0.1, 0.15) is 11.5 Å². The molecule has 0 aliphatic carbocycles. The Morgan fingerprint density at radius 2 is 2.07 bits per heavy atom. The lowest BCUT2D eigenvalue weighted by Crippen LogP contribution is -2.32. The second-order valence-electron chi connectivity index (χ2n) is 7.01. The number of likely N-dealkylation sites (tertiary alicyclic amines) is 1. The number of rotatable bonds is 7. The lowest BCUT2D eigenvalue weighted by molar-refractivity contribution is -0.139. The molecule has 2 heterocycles. The van der Waals surface area contributed by atoms with Crippen molar-refractivity contribution in [2.75, 3.05) is 34.3 Å². The number of Topliss-reactive ketones (excluding diaryl/α,β-unsaturated/α-hetero) is 1. The number of carbonyl (C=O) groups excluding carboxylic acids is 2. The fraction of sp³-hybridized carbons (Fsp3) is 0.333. The highest BCUT2D eigenvalue weighted by Gasteiger charge is 2.46. The predicted octanol–water partition coefficient (Wildman–Crippen LogP) is 3.78. The van der Waals surface area contributed by atoms with Crippen molar-refractivity contribution >= 4 is 40.4 Å². The first kappa shape index (κ1) is 21.4. The summed E-state index contributed by atoms with van der Waals surface area (Å²) in [5.41, 5.74) is 0.451. The summed E-state index contributed by atoms with van der Waals surface area (Å²) in [6, 6.07) is 7.88. The maximum atomic E-state index is 12.9. The number of aliphatic hydroxyl groups excluding tert-OH is 1. The quantitative estimate of drug-likeness (QED) is 0.408. The summed E-state index contributed by atoms with van der Waals surface area (Å²) in [6.07, 6.45) is 0.719. The van der Waals surface area contributed by atoms with Crippen LogP contribution in [0.5, 0.6) is 5.75 Å².